The summed E-state index contributed by atoms with van der Waals surface area (Å²) in [6.07, 6.45) is 3.39. The van der Waals surface area contributed by atoms with Gasteiger partial charge in [-0.2, -0.15) is 0 Å². The molecule has 1 atom stereocenters. The molecule has 1 aliphatic heterocycles. The monoisotopic (exact) mass is 306 g/mol. The van der Waals surface area contributed by atoms with Gasteiger partial charge in [-0.3, -0.25) is 0 Å². The number of rotatable bonds is 2. The Balaban J connectivity index is 2.26. The maximum absolute atomic E-state index is 5.93. The number of hydrogen-bond acceptors (Lipinski definition) is 1. The first-order chi connectivity index (χ1) is 8.58. The van der Waals surface area contributed by atoms with Crippen molar-refractivity contribution < 1.29 is 0 Å². The van der Waals surface area contributed by atoms with Gasteiger partial charge in [0.05, 0.1) is 5.52 Å². The van der Waals surface area contributed by atoms with Crippen molar-refractivity contribution in [3.63, 3.8) is 0 Å². The number of nitrogens with two attached hydrogens (primary N) is 1. The van der Waals surface area contributed by atoms with Crippen LogP contribution in [0.4, 0.5) is 0 Å². The van der Waals surface area contributed by atoms with Gasteiger partial charge < -0.3 is 10.3 Å². The molecular formula is C15H19BrN2. The zero-order valence-corrected chi connectivity index (χ0v) is 12.5. The molecule has 1 aromatic heterocycles. The van der Waals surface area contributed by atoms with Crippen LogP contribution in [0.25, 0.3) is 10.9 Å². The lowest BCUT2D eigenvalue weighted by Crippen LogP contribution is -2.18. The molecule has 0 aliphatic carbocycles. The topological polar surface area (TPSA) is 30.9 Å². The highest BCUT2D eigenvalue weighted by atomic mass is 79.9. The number of halogens is 1. The predicted molar refractivity (Wildman–Crippen MR) is 80.0 cm³/mol. The Bertz CT molecular complexity index is 611. The smallest absolute Gasteiger partial charge is 0.0526 e. The van der Waals surface area contributed by atoms with E-state index in [1.54, 1.807) is 0 Å². The molecule has 0 fully saturated rings. The molecule has 0 amide bonds. The fraction of sp³-hybridized carbons (Fsp3) is 0.467. The van der Waals surface area contributed by atoms with Crippen LogP contribution in [-0.4, -0.2) is 10.6 Å². The van der Waals surface area contributed by atoms with E-state index in [9.17, 15) is 0 Å². The van der Waals surface area contributed by atoms with E-state index in [4.69, 9.17) is 5.73 Å². The van der Waals surface area contributed by atoms with E-state index in [0.717, 1.165) is 13.0 Å². The van der Waals surface area contributed by atoms with Crippen molar-refractivity contribution in [2.24, 2.45) is 5.73 Å². The molecule has 2 N–H and O–H groups in total. The van der Waals surface area contributed by atoms with E-state index in [1.807, 2.05) is 0 Å². The number of nitrogens with zero attached hydrogens (tertiary/aromatic N) is 1. The Kier molecular flexibility index (Phi) is 2.99. The zero-order valence-electron chi connectivity index (χ0n) is 11.0. The fourth-order valence-electron chi connectivity index (χ4n) is 3.12. The summed E-state index contributed by atoms with van der Waals surface area (Å²) in [5, 5.41) is 1.36. The minimum absolute atomic E-state index is 0.222. The van der Waals surface area contributed by atoms with E-state index in [2.05, 4.69) is 46.5 Å². The molecule has 2 heterocycles. The summed E-state index contributed by atoms with van der Waals surface area (Å²) < 4.78 is 3.71. The summed E-state index contributed by atoms with van der Waals surface area (Å²) >= 11 is 3.75. The molecule has 1 aromatic carbocycles. The van der Waals surface area contributed by atoms with E-state index in [0.29, 0.717) is 0 Å². The second kappa shape index (κ2) is 4.39. The Morgan fingerprint density at radius 1 is 1.44 bits per heavy atom. The van der Waals surface area contributed by atoms with Crippen LogP contribution >= 0.6 is 15.9 Å². The van der Waals surface area contributed by atoms with Gasteiger partial charge in [0.1, 0.15) is 0 Å². The molecule has 0 saturated heterocycles. The summed E-state index contributed by atoms with van der Waals surface area (Å²) in [5.41, 5.74) is 11.6. The number of benzene rings is 1. The predicted octanol–water partition coefficient (Wildman–Crippen LogP) is 3.55. The highest BCUT2D eigenvalue weighted by molar-refractivity contribution is 9.10. The minimum Gasteiger partial charge on any atom is -0.343 e. The van der Waals surface area contributed by atoms with Crippen molar-refractivity contribution in [1.29, 1.82) is 0 Å². The average molecular weight is 307 g/mol. The lowest BCUT2D eigenvalue weighted by atomic mass is 9.97. The Morgan fingerprint density at radius 2 is 2.22 bits per heavy atom. The van der Waals surface area contributed by atoms with Gasteiger partial charge in [-0.15, -0.1) is 0 Å². The highest BCUT2D eigenvalue weighted by Crippen LogP contribution is 2.36. The SMILES string of the molecule is Cc1c(Br)c2cc(CC(C)N)cc3c2n1CCC3. The molecule has 2 aromatic rings. The Labute approximate surface area is 116 Å². The maximum atomic E-state index is 5.93. The lowest BCUT2D eigenvalue weighted by molar-refractivity contribution is 0.621. The quantitative estimate of drug-likeness (QED) is 0.904. The van der Waals surface area contributed by atoms with E-state index in [-0.39, 0.29) is 6.04 Å². The molecule has 3 heteroatoms. The number of aromatic nitrogens is 1. The van der Waals surface area contributed by atoms with Gasteiger partial charge in [-0.25, -0.2) is 0 Å². The number of hydrogen-bond donors (Lipinski definition) is 1. The van der Waals surface area contributed by atoms with Gasteiger partial charge in [-0.1, -0.05) is 6.07 Å². The summed E-state index contributed by atoms with van der Waals surface area (Å²) in [4.78, 5) is 0. The van der Waals surface area contributed by atoms with Crippen LogP contribution in [0, 0.1) is 6.92 Å². The van der Waals surface area contributed by atoms with Crippen LogP contribution in [0.3, 0.4) is 0 Å². The van der Waals surface area contributed by atoms with E-state index < -0.39 is 0 Å². The van der Waals surface area contributed by atoms with Gasteiger partial charge in [0, 0.05) is 28.1 Å². The first-order valence-electron chi connectivity index (χ1n) is 6.63. The second-order valence-electron chi connectivity index (χ2n) is 5.49. The minimum atomic E-state index is 0.222. The summed E-state index contributed by atoms with van der Waals surface area (Å²) in [5.74, 6) is 0. The van der Waals surface area contributed by atoms with Crippen molar-refractivity contribution in [1.82, 2.24) is 4.57 Å². The molecule has 0 spiro atoms. The van der Waals surface area contributed by atoms with Gasteiger partial charge in [0.25, 0.3) is 0 Å². The Hall–Kier alpha value is -0.800. The third-order valence-corrected chi connectivity index (χ3v) is 4.86. The standard InChI is InChI=1S/C15H19BrN2/c1-9(17)6-11-7-12-4-3-5-18-10(2)14(16)13(8-11)15(12)18/h7-9H,3-6,17H2,1-2H3. The van der Waals surface area contributed by atoms with Crippen molar-refractivity contribution in [3.05, 3.63) is 33.4 Å². The molecule has 0 radical (unpaired) electrons. The van der Waals surface area contributed by atoms with Gasteiger partial charge in [-0.05, 0) is 66.2 Å². The van der Waals surface area contributed by atoms with Crippen molar-refractivity contribution in [3.8, 4) is 0 Å². The maximum Gasteiger partial charge on any atom is 0.0526 e. The van der Waals surface area contributed by atoms with Gasteiger partial charge >= 0.3 is 0 Å². The number of aryl methyl sites for hydroxylation is 2. The molecule has 96 valence electrons. The largest absolute Gasteiger partial charge is 0.343 e. The highest BCUT2D eigenvalue weighted by Gasteiger charge is 2.19. The lowest BCUT2D eigenvalue weighted by Gasteiger charge is -2.18. The van der Waals surface area contributed by atoms with Crippen molar-refractivity contribution in [2.45, 2.75) is 45.7 Å². The summed E-state index contributed by atoms with van der Waals surface area (Å²) in [6.45, 7) is 5.42. The van der Waals surface area contributed by atoms with Crippen molar-refractivity contribution >= 4 is 26.8 Å². The Morgan fingerprint density at radius 3 is 2.94 bits per heavy atom. The van der Waals surface area contributed by atoms with Crippen LogP contribution in [0.1, 0.15) is 30.2 Å². The summed E-state index contributed by atoms with van der Waals surface area (Å²) in [6, 6.07) is 4.88. The third kappa shape index (κ3) is 1.81. The molecule has 1 aliphatic rings. The van der Waals surface area contributed by atoms with Gasteiger partial charge in [0.2, 0.25) is 0 Å². The molecule has 2 nitrogen and oxygen atoms in total. The van der Waals surface area contributed by atoms with Gasteiger partial charge in [0.15, 0.2) is 0 Å². The first-order valence-corrected chi connectivity index (χ1v) is 7.43. The second-order valence-corrected chi connectivity index (χ2v) is 6.28. The molecule has 0 bridgehead atoms. The molecule has 0 saturated carbocycles. The molecular weight excluding hydrogens is 288 g/mol. The molecule has 1 unspecified atom stereocenters. The average Bonchev–Trinajstić information content (AvgIpc) is 2.56. The van der Waals surface area contributed by atoms with Crippen LogP contribution in [0.5, 0.6) is 0 Å². The third-order valence-electron chi connectivity index (χ3n) is 3.86. The van der Waals surface area contributed by atoms with E-state index >= 15 is 0 Å². The van der Waals surface area contributed by atoms with Crippen LogP contribution in [0.2, 0.25) is 0 Å². The van der Waals surface area contributed by atoms with Crippen LogP contribution in [-0.2, 0) is 19.4 Å². The van der Waals surface area contributed by atoms with E-state index in [1.165, 1.54) is 45.0 Å². The van der Waals surface area contributed by atoms with Crippen LogP contribution < -0.4 is 5.73 Å². The van der Waals surface area contributed by atoms with Crippen molar-refractivity contribution in [2.75, 3.05) is 0 Å². The fourth-order valence-corrected chi connectivity index (χ4v) is 3.63. The molecule has 3 rings (SSSR count). The zero-order chi connectivity index (χ0) is 12.9. The van der Waals surface area contributed by atoms with Crippen LogP contribution in [0.15, 0.2) is 16.6 Å². The molecule has 18 heavy (non-hydrogen) atoms. The first kappa shape index (κ1) is 12.2. The summed E-state index contributed by atoms with van der Waals surface area (Å²) in [7, 11) is 0. The normalized spacial score (nSPS) is 16.2.